The lowest BCUT2D eigenvalue weighted by atomic mass is 10.1. The average Bonchev–Trinajstić information content (AvgIpc) is 3.13. The van der Waals surface area contributed by atoms with Gasteiger partial charge in [0.05, 0.1) is 5.52 Å². The summed E-state index contributed by atoms with van der Waals surface area (Å²) in [5.74, 6) is 2.37. The van der Waals surface area contributed by atoms with Gasteiger partial charge in [0.15, 0.2) is 16.4 Å². The predicted octanol–water partition coefficient (Wildman–Crippen LogP) is 4.26. The van der Waals surface area contributed by atoms with Gasteiger partial charge in [-0.25, -0.2) is 4.98 Å². The summed E-state index contributed by atoms with van der Waals surface area (Å²) in [5.41, 5.74) is 2.64. The van der Waals surface area contributed by atoms with Crippen LogP contribution < -0.4 is 0 Å². The maximum absolute atomic E-state index is 5.73. The summed E-state index contributed by atoms with van der Waals surface area (Å²) in [6.45, 7) is 1.92. The maximum Gasteiger partial charge on any atom is 0.195 e. The van der Waals surface area contributed by atoms with Crippen LogP contribution in [0.2, 0.25) is 0 Å². The van der Waals surface area contributed by atoms with Crippen LogP contribution in [0.3, 0.4) is 0 Å². The minimum atomic E-state index is 0.580. The molecule has 3 aromatic heterocycles. The highest BCUT2D eigenvalue weighted by atomic mass is 32.1. The molecular formula is C17H14N4OS. The van der Waals surface area contributed by atoms with Crippen molar-refractivity contribution in [3.8, 4) is 22.8 Å². The summed E-state index contributed by atoms with van der Waals surface area (Å²) in [5, 5.41) is 8.22. The number of aromatic amines is 1. The predicted molar refractivity (Wildman–Crippen MR) is 91.6 cm³/mol. The Kier molecular flexibility index (Phi) is 3.12. The van der Waals surface area contributed by atoms with E-state index in [0.29, 0.717) is 4.77 Å². The van der Waals surface area contributed by atoms with Gasteiger partial charge in [0.25, 0.3) is 0 Å². The number of nitrogens with one attached hydrogen (secondary N) is 1. The van der Waals surface area contributed by atoms with E-state index in [4.69, 9.17) is 21.6 Å². The molecule has 0 aliphatic heterocycles. The minimum Gasteiger partial charge on any atom is -0.460 e. The Bertz CT molecular complexity index is 1070. The van der Waals surface area contributed by atoms with E-state index in [2.05, 4.69) is 10.2 Å². The highest BCUT2D eigenvalue weighted by Gasteiger charge is 2.14. The fraction of sp³-hybridized carbons (Fsp3) is 0.118. The summed E-state index contributed by atoms with van der Waals surface area (Å²) in [4.78, 5) is 4.71. The first-order valence-corrected chi connectivity index (χ1v) is 7.62. The van der Waals surface area contributed by atoms with Crippen molar-refractivity contribution in [3.63, 3.8) is 0 Å². The molecule has 0 aliphatic carbocycles. The van der Waals surface area contributed by atoms with Gasteiger partial charge in [-0.2, -0.15) is 5.10 Å². The van der Waals surface area contributed by atoms with Gasteiger partial charge in [0.1, 0.15) is 11.5 Å². The van der Waals surface area contributed by atoms with Crippen LogP contribution >= 0.6 is 12.2 Å². The van der Waals surface area contributed by atoms with Gasteiger partial charge in [0, 0.05) is 18.0 Å². The molecule has 0 radical (unpaired) electrons. The summed E-state index contributed by atoms with van der Waals surface area (Å²) in [6, 6.07) is 13.8. The Morgan fingerprint density at radius 1 is 1.17 bits per heavy atom. The number of aryl methyl sites for hydroxylation is 1. The van der Waals surface area contributed by atoms with Gasteiger partial charge >= 0.3 is 0 Å². The van der Waals surface area contributed by atoms with Crippen molar-refractivity contribution < 1.29 is 4.42 Å². The second-order valence-electron chi connectivity index (χ2n) is 5.39. The van der Waals surface area contributed by atoms with Crippen molar-refractivity contribution in [1.29, 1.82) is 0 Å². The topological polar surface area (TPSA) is 59.6 Å². The summed E-state index contributed by atoms with van der Waals surface area (Å²) < 4.78 is 8.16. The van der Waals surface area contributed by atoms with E-state index < -0.39 is 0 Å². The molecule has 0 saturated carbocycles. The van der Waals surface area contributed by atoms with E-state index in [1.807, 2.05) is 61.0 Å². The second-order valence-corrected chi connectivity index (χ2v) is 5.78. The summed E-state index contributed by atoms with van der Waals surface area (Å²) in [6.07, 6.45) is 0. The van der Waals surface area contributed by atoms with Crippen molar-refractivity contribution in [2.45, 2.75) is 6.92 Å². The lowest BCUT2D eigenvalue weighted by Crippen LogP contribution is -1.95. The molecule has 4 rings (SSSR count). The van der Waals surface area contributed by atoms with Crippen molar-refractivity contribution in [2.75, 3.05) is 0 Å². The Balaban J connectivity index is 2.05. The Morgan fingerprint density at radius 2 is 2.00 bits per heavy atom. The molecule has 1 N–H and O–H groups in total. The van der Waals surface area contributed by atoms with Gasteiger partial charge < -0.3 is 8.98 Å². The van der Waals surface area contributed by atoms with Crippen molar-refractivity contribution >= 4 is 23.1 Å². The van der Waals surface area contributed by atoms with E-state index in [1.54, 1.807) is 0 Å². The van der Waals surface area contributed by atoms with Crippen LogP contribution in [0, 0.1) is 11.7 Å². The number of para-hydroxylation sites is 1. The molecule has 0 amide bonds. The van der Waals surface area contributed by atoms with E-state index in [9.17, 15) is 0 Å². The zero-order valence-electron chi connectivity index (χ0n) is 12.7. The quantitative estimate of drug-likeness (QED) is 0.560. The molecule has 0 aliphatic rings. The monoisotopic (exact) mass is 322 g/mol. The number of benzene rings is 1. The van der Waals surface area contributed by atoms with Gasteiger partial charge in [-0.05, 0) is 43.4 Å². The number of furan rings is 1. The molecule has 0 unspecified atom stereocenters. The zero-order chi connectivity index (χ0) is 16.0. The van der Waals surface area contributed by atoms with Crippen LogP contribution in [-0.2, 0) is 7.05 Å². The summed E-state index contributed by atoms with van der Waals surface area (Å²) >= 11 is 5.24. The van der Waals surface area contributed by atoms with E-state index in [0.717, 1.165) is 39.5 Å². The minimum absolute atomic E-state index is 0.580. The largest absolute Gasteiger partial charge is 0.460 e. The number of hydrogen-bond donors (Lipinski definition) is 1. The Morgan fingerprint density at radius 3 is 2.70 bits per heavy atom. The van der Waals surface area contributed by atoms with E-state index in [-0.39, 0.29) is 0 Å². The van der Waals surface area contributed by atoms with Crippen LogP contribution in [0.15, 0.2) is 46.9 Å². The number of rotatable bonds is 2. The molecule has 5 nitrogen and oxygen atoms in total. The van der Waals surface area contributed by atoms with Gasteiger partial charge in [-0.15, -0.1) is 0 Å². The number of nitrogens with zero attached hydrogens (tertiary/aromatic N) is 3. The SMILES string of the molecule is Cc1ccc(-c2cc(-c3n[nH]c(=S)n3C)c3ccccc3n2)o1. The van der Waals surface area contributed by atoms with Crippen LogP contribution in [-0.4, -0.2) is 19.7 Å². The van der Waals surface area contributed by atoms with Crippen LogP contribution in [0.4, 0.5) is 0 Å². The average molecular weight is 322 g/mol. The number of pyridine rings is 1. The fourth-order valence-electron chi connectivity index (χ4n) is 2.65. The Labute approximate surface area is 137 Å². The molecule has 0 bridgehead atoms. The number of H-pyrrole nitrogens is 1. The van der Waals surface area contributed by atoms with Crippen LogP contribution in [0.5, 0.6) is 0 Å². The first kappa shape index (κ1) is 13.9. The molecule has 1 aromatic carbocycles. The zero-order valence-corrected chi connectivity index (χ0v) is 13.5. The molecule has 114 valence electrons. The number of aromatic nitrogens is 4. The highest BCUT2D eigenvalue weighted by molar-refractivity contribution is 7.71. The van der Waals surface area contributed by atoms with Gasteiger partial charge in [-0.1, -0.05) is 18.2 Å². The van der Waals surface area contributed by atoms with E-state index in [1.165, 1.54) is 0 Å². The van der Waals surface area contributed by atoms with Crippen molar-refractivity contribution in [1.82, 2.24) is 19.7 Å². The fourth-order valence-corrected chi connectivity index (χ4v) is 2.78. The highest BCUT2D eigenvalue weighted by Crippen LogP contribution is 2.31. The Hall–Kier alpha value is -2.73. The second kappa shape index (κ2) is 5.17. The standard InChI is InChI=1S/C17H14N4OS/c1-10-7-8-15(22-10)14-9-12(16-19-20-17(23)21(16)2)11-5-3-4-6-13(11)18-14/h3-9H,1-2H3,(H,20,23). The lowest BCUT2D eigenvalue weighted by Gasteiger charge is -2.08. The normalized spacial score (nSPS) is 11.2. The van der Waals surface area contributed by atoms with E-state index >= 15 is 0 Å². The molecule has 0 fully saturated rings. The smallest absolute Gasteiger partial charge is 0.195 e. The van der Waals surface area contributed by atoms with Crippen molar-refractivity contribution in [2.24, 2.45) is 7.05 Å². The first-order chi connectivity index (χ1) is 11.1. The molecule has 0 atom stereocenters. The lowest BCUT2D eigenvalue weighted by molar-refractivity contribution is 0.546. The van der Waals surface area contributed by atoms with Gasteiger partial charge in [-0.3, -0.25) is 5.10 Å². The molecule has 0 spiro atoms. The molecular weight excluding hydrogens is 308 g/mol. The third kappa shape index (κ3) is 2.27. The molecule has 0 saturated heterocycles. The summed E-state index contributed by atoms with van der Waals surface area (Å²) in [7, 11) is 1.90. The first-order valence-electron chi connectivity index (χ1n) is 7.22. The van der Waals surface area contributed by atoms with Crippen molar-refractivity contribution in [3.05, 3.63) is 53.0 Å². The number of fused-ring (bicyclic) bond motifs is 1. The van der Waals surface area contributed by atoms with Crippen LogP contribution in [0.25, 0.3) is 33.7 Å². The third-order valence-electron chi connectivity index (χ3n) is 3.83. The molecule has 23 heavy (non-hydrogen) atoms. The molecule has 6 heteroatoms. The maximum atomic E-state index is 5.73. The van der Waals surface area contributed by atoms with Gasteiger partial charge in [0.2, 0.25) is 0 Å². The molecule has 3 heterocycles. The number of hydrogen-bond acceptors (Lipinski definition) is 4. The van der Waals surface area contributed by atoms with Crippen LogP contribution in [0.1, 0.15) is 5.76 Å². The molecule has 4 aromatic rings. The third-order valence-corrected chi connectivity index (χ3v) is 4.19.